The Kier molecular flexibility index (Phi) is 5.72. The first-order valence-electron chi connectivity index (χ1n) is 7.32. The zero-order chi connectivity index (χ0) is 17.6. The molecule has 3 aromatic rings. The molecule has 0 aliphatic rings. The number of allylic oxidation sites excluding steroid dienone is 1. The Morgan fingerprint density at radius 2 is 2.08 bits per heavy atom. The largest absolute Gasteiger partial charge is 0.340 e. The number of anilines is 3. The number of carbonyl (C=O) groups is 1. The molecule has 0 atom stereocenters. The van der Waals surface area contributed by atoms with Gasteiger partial charge in [-0.25, -0.2) is 15.0 Å². The van der Waals surface area contributed by atoms with E-state index in [1.807, 2.05) is 24.3 Å². The third-order valence-corrected chi connectivity index (χ3v) is 4.09. The molecule has 0 unspecified atom stereocenters. The lowest BCUT2D eigenvalue weighted by molar-refractivity contribution is -0.111. The third kappa shape index (κ3) is 4.61. The van der Waals surface area contributed by atoms with E-state index in [0.717, 1.165) is 15.5 Å². The van der Waals surface area contributed by atoms with Crippen LogP contribution in [0.4, 0.5) is 17.3 Å². The average Bonchev–Trinajstić information content (AvgIpc) is 2.60. The Morgan fingerprint density at radius 3 is 2.88 bits per heavy atom. The Hall–Kier alpha value is -2.32. The van der Waals surface area contributed by atoms with Crippen LogP contribution in [0, 0.1) is 0 Å². The van der Waals surface area contributed by atoms with E-state index in [1.54, 1.807) is 18.3 Å². The minimum atomic E-state index is -0.246. The number of nitrogens with zero attached hydrogens (tertiary/aromatic N) is 3. The van der Waals surface area contributed by atoms with Gasteiger partial charge in [-0.05, 0) is 24.3 Å². The first-order valence-corrected chi connectivity index (χ1v) is 9.24. The molecule has 126 valence electrons. The maximum atomic E-state index is 11.8. The maximum absolute atomic E-state index is 11.8. The zero-order valence-electron chi connectivity index (χ0n) is 12.9. The molecule has 0 radical (unpaired) electrons. The van der Waals surface area contributed by atoms with Crippen LogP contribution in [0.15, 0.2) is 59.5 Å². The number of nitrogens with one attached hydrogen (secondary N) is 2. The molecule has 0 spiro atoms. The fourth-order valence-corrected chi connectivity index (χ4v) is 2.74. The number of benzene rings is 1. The van der Waals surface area contributed by atoms with Crippen LogP contribution < -0.4 is 10.6 Å². The molecule has 1 amide bonds. The number of pyridine rings is 1. The SMILES string of the molecule is O=C(/C=C/CBr)Nc1cc2c(Nc3cccc(Br)c3)ncnc2cn1. The molecular weight excluding hydrogens is 450 g/mol. The van der Waals surface area contributed by atoms with Crippen LogP contribution in [0.3, 0.4) is 0 Å². The van der Waals surface area contributed by atoms with Gasteiger partial charge in [-0.1, -0.05) is 44.0 Å². The van der Waals surface area contributed by atoms with Crippen molar-refractivity contribution in [2.45, 2.75) is 0 Å². The maximum Gasteiger partial charge on any atom is 0.249 e. The number of hydrogen-bond acceptors (Lipinski definition) is 5. The molecule has 0 fully saturated rings. The van der Waals surface area contributed by atoms with Gasteiger partial charge < -0.3 is 10.6 Å². The van der Waals surface area contributed by atoms with Gasteiger partial charge in [0.25, 0.3) is 0 Å². The number of halogens is 2. The lowest BCUT2D eigenvalue weighted by atomic mass is 10.2. The molecule has 8 heteroatoms. The van der Waals surface area contributed by atoms with Crippen molar-refractivity contribution < 1.29 is 4.79 Å². The minimum absolute atomic E-state index is 0.246. The normalized spacial score (nSPS) is 11.0. The van der Waals surface area contributed by atoms with E-state index < -0.39 is 0 Å². The molecule has 2 aromatic heterocycles. The lowest BCUT2D eigenvalue weighted by Crippen LogP contribution is -2.09. The topological polar surface area (TPSA) is 79.8 Å². The van der Waals surface area contributed by atoms with Gasteiger partial charge >= 0.3 is 0 Å². The molecule has 6 nitrogen and oxygen atoms in total. The van der Waals surface area contributed by atoms with E-state index in [2.05, 4.69) is 57.4 Å². The molecule has 0 aliphatic carbocycles. The van der Waals surface area contributed by atoms with E-state index in [-0.39, 0.29) is 5.91 Å². The lowest BCUT2D eigenvalue weighted by Gasteiger charge is -2.09. The summed E-state index contributed by atoms with van der Waals surface area (Å²) in [5.74, 6) is 0.825. The smallest absolute Gasteiger partial charge is 0.249 e. The van der Waals surface area contributed by atoms with Crippen LogP contribution in [0.25, 0.3) is 10.9 Å². The summed E-state index contributed by atoms with van der Waals surface area (Å²) < 4.78 is 0.962. The van der Waals surface area contributed by atoms with Crippen molar-refractivity contribution in [1.82, 2.24) is 15.0 Å². The molecule has 0 aliphatic heterocycles. The van der Waals surface area contributed by atoms with E-state index in [0.29, 0.717) is 22.5 Å². The van der Waals surface area contributed by atoms with Crippen molar-refractivity contribution in [2.24, 2.45) is 0 Å². The Bertz CT molecular complexity index is 945. The number of aromatic nitrogens is 3. The van der Waals surface area contributed by atoms with Gasteiger partial charge in [0.2, 0.25) is 5.91 Å². The molecule has 1 aromatic carbocycles. The quantitative estimate of drug-likeness (QED) is 0.433. The molecule has 0 saturated heterocycles. The van der Waals surface area contributed by atoms with Crippen molar-refractivity contribution in [2.75, 3.05) is 16.0 Å². The van der Waals surface area contributed by atoms with Gasteiger partial charge in [0, 0.05) is 27.0 Å². The van der Waals surface area contributed by atoms with E-state index in [9.17, 15) is 4.79 Å². The summed E-state index contributed by atoms with van der Waals surface area (Å²) in [5, 5.41) is 7.35. The summed E-state index contributed by atoms with van der Waals surface area (Å²) in [6, 6.07) is 9.51. The fraction of sp³-hybridized carbons (Fsp3) is 0.0588. The summed E-state index contributed by atoms with van der Waals surface area (Å²) >= 11 is 6.68. The molecule has 0 saturated carbocycles. The number of amides is 1. The van der Waals surface area contributed by atoms with Crippen LogP contribution >= 0.6 is 31.9 Å². The van der Waals surface area contributed by atoms with Crippen LogP contribution in [0.2, 0.25) is 0 Å². The summed E-state index contributed by atoms with van der Waals surface area (Å²) in [7, 11) is 0. The van der Waals surface area contributed by atoms with Gasteiger partial charge in [-0.15, -0.1) is 0 Å². The standard InChI is InChI=1S/C17H13Br2N5O/c18-6-2-5-16(25)24-15-8-13-14(9-20-15)21-10-22-17(13)23-12-4-1-3-11(19)7-12/h1-5,7-10H,6H2,(H,20,24,25)(H,21,22,23)/b5-2+. The number of alkyl halides is 1. The second-order valence-electron chi connectivity index (χ2n) is 4.99. The van der Waals surface area contributed by atoms with E-state index in [1.165, 1.54) is 12.4 Å². The number of rotatable bonds is 5. The molecule has 0 bridgehead atoms. The second-order valence-corrected chi connectivity index (χ2v) is 6.55. The first kappa shape index (κ1) is 17.5. The van der Waals surface area contributed by atoms with Crippen molar-refractivity contribution in [3.63, 3.8) is 0 Å². The van der Waals surface area contributed by atoms with Crippen molar-refractivity contribution >= 4 is 66.0 Å². The van der Waals surface area contributed by atoms with Crippen LogP contribution in [0.5, 0.6) is 0 Å². The zero-order valence-corrected chi connectivity index (χ0v) is 16.1. The monoisotopic (exact) mass is 461 g/mol. The Morgan fingerprint density at radius 1 is 1.20 bits per heavy atom. The van der Waals surface area contributed by atoms with Gasteiger partial charge in [0.1, 0.15) is 18.0 Å². The highest BCUT2D eigenvalue weighted by atomic mass is 79.9. The van der Waals surface area contributed by atoms with Crippen LogP contribution in [-0.4, -0.2) is 26.2 Å². The first-order chi connectivity index (χ1) is 12.2. The highest BCUT2D eigenvalue weighted by Gasteiger charge is 2.08. The van der Waals surface area contributed by atoms with Crippen molar-refractivity contribution in [1.29, 1.82) is 0 Å². The predicted octanol–water partition coefficient (Wildman–Crippen LogP) is 4.42. The molecule has 2 heterocycles. The second kappa shape index (κ2) is 8.17. The van der Waals surface area contributed by atoms with Crippen molar-refractivity contribution in [3.05, 3.63) is 59.5 Å². The molecule has 2 N–H and O–H groups in total. The highest BCUT2D eigenvalue weighted by molar-refractivity contribution is 9.10. The number of fused-ring (bicyclic) bond motifs is 1. The summed E-state index contributed by atoms with van der Waals surface area (Å²) in [4.78, 5) is 24.5. The van der Waals surface area contributed by atoms with Gasteiger partial charge in [0.05, 0.1) is 11.7 Å². The van der Waals surface area contributed by atoms with E-state index >= 15 is 0 Å². The van der Waals surface area contributed by atoms with Crippen LogP contribution in [-0.2, 0) is 4.79 Å². The van der Waals surface area contributed by atoms with Crippen molar-refractivity contribution in [3.8, 4) is 0 Å². The number of carbonyl (C=O) groups excluding carboxylic acids is 1. The summed E-state index contributed by atoms with van der Waals surface area (Å²) in [6.07, 6.45) is 6.23. The highest BCUT2D eigenvalue weighted by Crippen LogP contribution is 2.25. The fourth-order valence-electron chi connectivity index (χ4n) is 2.15. The molecule has 3 rings (SSSR count). The molecule has 25 heavy (non-hydrogen) atoms. The van der Waals surface area contributed by atoms with E-state index in [4.69, 9.17) is 0 Å². The average molecular weight is 463 g/mol. The van der Waals surface area contributed by atoms with Gasteiger partial charge in [-0.2, -0.15) is 0 Å². The predicted molar refractivity (Wildman–Crippen MR) is 106 cm³/mol. The van der Waals surface area contributed by atoms with Gasteiger partial charge in [-0.3, -0.25) is 4.79 Å². The third-order valence-electron chi connectivity index (χ3n) is 3.22. The molecular formula is C17H13Br2N5O. The number of hydrogen-bond donors (Lipinski definition) is 2. The van der Waals surface area contributed by atoms with Crippen LogP contribution in [0.1, 0.15) is 0 Å². The van der Waals surface area contributed by atoms with Gasteiger partial charge in [0.15, 0.2) is 0 Å². The Balaban J connectivity index is 1.92. The Labute approximate surface area is 161 Å². The summed E-state index contributed by atoms with van der Waals surface area (Å²) in [5.41, 5.74) is 1.57. The summed E-state index contributed by atoms with van der Waals surface area (Å²) in [6.45, 7) is 0. The minimum Gasteiger partial charge on any atom is -0.340 e.